The number of phosphoric ester groups is 3. The number of nitrogens with two attached hydrogens (primary N) is 1. The second-order valence-corrected chi connectivity index (χ2v) is 22.2. The van der Waals surface area contributed by atoms with E-state index in [0.29, 0.717) is 18.6 Å². The van der Waals surface area contributed by atoms with Crippen LogP contribution in [0.15, 0.2) is 24.8 Å². The van der Waals surface area contributed by atoms with Crippen molar-refractivity contribution in [2.24, 2.45) is 5.41 Å². The van der Waals surface area contributed by atoms with E-state index in [1.54, 1.807) is 0 Å². The molecular formula is C39H68N7O18P3S. The van der Waals surface area contributed by atoms with Gasteiger partial charge in [-0.05, 0) is 32.1 Å². The lowest BCUT2D eigenvalue weighted by molar-refractivity contribution is -0.137. The first kappa shape index (κ1) is 59.6. The van der Waals surface area contributed by atoms with Gasteiger partial charge in [-0.15, -0.1) is 0 Å². The summed E-state index contributed by atoms with van der Waals surface area (Å²) < 4.78 is 62.4. The molecule has 11 N–H and O–H groups in total. The number of carbonyl (C=O) groups excluding carboxylic acids is 3. The molecule has 2 amide bonds. The SMILES string of the molecule is CCCCCC[C@@H](O)C/C=C\CCCCCCCC(=O)SCCNC(=O)CCNC(=O)[C@H](O)C(C)(C)COP(=O)(O)OP(=O)(O)OC[C@H]1O[C@@H](n2cnc3c(N)ncnc32)[C@H](O)[C@@H]1OP(=O)(O)O. The minimum Gasteiger partial charge on any atom is -0.393 e. The predicted octanol–water partition coefficient (Wildman–Crippen LogP) is 3.67. The largest absolute Gasteiger partial charge is 0.481 e. The van der Waals surface area contributed by atoms with E-state index < -0.39 is 84.6 Å². The van der Waals surface area contributed by atoms with Crippen LogP contribution in [0.2, 0.25) is 0 Å². The molecule has 1 aliphatic heterocycles. The normalized spacial score (nSPS) is 20.6. The van der Waals surface area contributed by atoms with E-state index in [1.807, 2.05) is 0 Å². The number of allylic oxidation sites excluding steroid dienone is 1. The molecule has 0 spiro atoms. The summed E-state index contributed by atoms with van der Waals surface area (Å²) in [4.78, 5) is 88.4. The molecule has 0 aliphatic carbocycles. The van der Waals surface area contributed by atoms with Crippen LogP contribution in [0.4, 0.5) is 5.82 Å². The monoisotopic (exact) mass is 1050 g/mol. The van der Waals surface area contributed by atoms with Gasteiger partial charge in [-0.1, -0.05) is 89.6 Å². The number of imidazole rings is 1. The third kappa shape index (κ3) is 21.7. The van der Waals surface area contributed by atoms with E-state index >= 15 is 0 Å². The first-order valence-corrected chi connectivity index (χ1v) is 27.8. The number of nitrogens with one attached hydrogen (secondary N) is 2. The number of nitrogen functional groups attached to an aromatic ring is 1. The van der Waals surface area contributed by atoms with E-state index in [2.05, 4.69) is 53.5 Å². The van der Waals surface area contributed by atoms with Gasteiger partial charge in [0, 0.05) is 37.1 Å². The smallest absolute Gasteiger partial charge is 0.393 e. The number of hydrogen-bond donors (Lipinski definition) is 10. The first-order valence-electron chi connectivity index (χ1n) is 22.3. The lowest BCUT2D eigenvalue weighted by Gasteiger charge is -2.30. The second-order valence-electron chi connectivity index (χ2n) is 16.8. The average Bonchev–Trinajstić information content (AvgIpc) is 3.82. The molecule has 0 bridgehead atoms. The van der Waals surface area contributed by atoms with Gasteiger partial charge in [-0.2, -0.15) is 4.31 Å². The Kier molecular flexibility index (Phi) is 25.4. The van der Waals surface area contributed by atoms with Crippen LogP contribution >= 0.6 is 35.2 Å². The van der Waals surface area contributed by atoms with Crippen LogP contribution in [-0.4, -0.2) is 134 Å². The fraction of sp³-hybridized carbons (Fsp3) is 0.744. The minimum absolute atomic E-state index is 0.0298. The van der Waals surface area contributed by atoms with Crippen LogP contribution in [0, 0.1) is 5.41 Å². The maximum atomic E-state index is 12.7. The molecule has 1 fully saturated rings. The van der Waals surface area contributed by atoms with Crippen molar-refractivity contribution in [3.05, 3.63) is 24.8 Å². The second kappa shape index (κ2) is 28.9. The van der Waals surface area contributed by atoms with Crippen LogP contribution in [-0.2, 0) is 50.7 Å². The van der Waals surface area contributed by atoms with Gasteiger partial charge in [0.25, 0.3) is 0 Å². The van der Waals surface area contributed by atoms with Crippen molar-refractivity contribution in [2.45, 2.75) is 147 Å². The lowest BCUT2D eigenvalue weighted by atomic mass is 9.87. The highest BCUT2D eigenvalue weighted by Crippen LogP contribution is 2.61. The first-order chi connectivity index (χ1) is 31.9. The Morgan fingerprint density at radius 2 is 1.62 bits per heavy atom. The number of unbranched alkanes of at least 4 members (excludes halogenated alkanes) is 8. The van der Waals surface area contributed by atoms with Gasteiger partial charge >= 0.3 is 23.5 Å². The number of aliphatic hydroxyl groups excluding tert-OH is 3. The van der Waals surface area contributed by atoms with Crippen LogP contribution in [0.25, 0.3) is 11.2 Å². The van der Waals surface area contributed by atoms with E-state index in [1.165, 1.54) is 33.1 Å². The summed E-state index contributed by atoms with van der Waals surface area (Å²) in [7, 11) is -16.4. The summed E-state index contributed by atoms with van der Waals surface area (Å²) in [5, 5.41) is 36.6. The summed E-state index contributed by atoms with van der Waals surface area (Å²) >= 11 is 1.13. The zero-order valence-corrected chi connectivity index (χ0v) is 41.9. The van der Waals surface area contributed by atoms with Crippen molar-refractivity contribution < 1.29 is 85.6 Å². The number of amides is 2. The summed E-state index contributed by atoms with van der Waals surface area (Å²) in [6.45, 7) is 2.68. The highest BCUT2D eigenvalue weighted by molar-refractivity contribution is 8.13. The molecule has 0 radical (unpaired) electrons. The predicted molar refractivity (Wildman–Crippen MR) is 248 cm³/mol. The molecule has 388 valence electrons. The number of carbonyl (C=O) groups is 3. The quantitative estimate of drug-likeness (QED) is 0.0271. The number of hydrogen-bond acceptors (Lipinski definition) is 19. The molecule has 8 atom stereocenters. The van der Waals surface area contributed by atoms with Gasteiger partial charge in [0.15, 0.2) is 22.8 Å². The molecule has 29 heteroatoms. The molecule has 1 saturated heterocycles. The van der Waals surface area contributed by atoms with Gasteiger partial charge in [0.1, 0.15) is 36.3 Å². The average molecular weight is 1050 g/mol. The lowest BCUT2D eigenvalue weighted by Crippen LogP contribution is -2.46. The minimum atomic E-state index is -5.58. The van der Waals surface area contributed by atoms with E-state index in [0.717, 1.165) is 80.4 Å². The van der Waals surface area contributed by atoms with Gasteiger partial charge in [-0.3, -0.25) is 32.5 Å². The third-order valence-corrected chi connectivity index (χ3v) is 14.5. The number of fused-ring (bicyclic) bond motifs is 1. The van der Waals surface area contributed by atoms with Gasteiger partial charge in [-0.25, -0.2) is 28.6 Å². The highest BCUT2D eigenvalue weighted by Gasteiger charge is 2.50. The number of rotatable bonds is 34. The zero-order chi connectivity index (χ0) is 50.5. The number of anilines is 1. The van der Waals surface area contributed by atoms with Gasteiger partial charge in [0.2, 0.25) is 11.8 Å². The highest BCUT2D eigenvalue weighted by atomic mass is 32.2. The molecule has 1 aliphatic rings. The number of phosphoric acid groups is 3. The van der Waals surface area contributed by atoms with Crippen LogP contribution in [0.3, 0.4) is 0 Å². The Balaban J connectivity index is 1.30. The number of ether oxygens (including phenoxy) is 1. The third-order valence-electron chi connectivity index (χ3n) is 10.5. The van der Waals surface area contributed by atoms with Crippen LogP contribution < -0.4 is 16.4 Å². The van der Waals surface area contributed by atoms with Crippen molar-refractivity contribution in [1.82, 2.24) is 30.2 Å². The summed E-state index contributed by atoms with van der Waals surface area (Å²) in [6, 6.07) is 0. The van der Waals surface area contributed by atoms with Crippen molar-refractivity contribution in [3.8, 4) is 0 Å². The van der Waals surface area contributed by atoms with Crippen molar-refractivity contribution in [1.29, 1.82) is 0 Å². The Morgan fingerprint density at radius 3 is 2.34 bits per heavy atom. The van der Waals surface area contributed by atoms with E-state index in [-0.39, 0.29) is 47.7 Å². The Morgan fingerprint density at radius 1 is 0.926 bits per heavy atom. The van der Waals surface area contributed by atoms with Crippen molar-refractivity contribution >= 4 is 69.1 Å². The summed E-state index contributed by atoms with van der Waals surface area (Å²) in [6.07, 6.45) is 9.52. The van der Waals surface area contributed by atoms with Gasteiger partial charge < -0.3 is 56.0 Å². The standard InChI is InChI=1S/C39H68N7O18P3S/c1-4-5-6-13-16-27(47)17-14-11-9-7-8-10-12-15-18-30(49)68-22-21-41-29(48)19-20-42-37(52)34(51)39(2,3)24-61-67(58,59)64-66(56,57)60-23-28-33(63-65(53,54)55)32(50)38(62-28)46-26-45-31-35(40)43-25-44-36(31)46/h11,14,25-28,32-34,38,47,50-51H,4-10,12-13,15-24H2,1-3H3,(H,41,48)(H,42,52)(H,56,57)(H,58,59)(H2,40,43,44)(H2,53,54,55)/b14-11-/t27-,28-,32-,33-,34+,38-/m1/s1. The van der Waals surface area contributed by atoms with Crippen molar-refractivity contribution in [2.75, 3.05) is 37.8 Å². The van der Waals surface area contributed by atoms with Crippen LogP contribution in [0.1, 0.15) is 117 Å². The maximum absolute atomic E-state index is 12.7. The van der Waals surface area contributed by atoms with E-state index in [9.17, 15) is 63.0 Å². The molecule has 3 heterocycles. The molecule has 2 unspecified atom stereocenters. The molecule has 0 aromatic carbocycles. The Labute approximate surface area is 399 Å². The fourth-order valence-electron chi connectivity index (χ4n) is 6.72. The molecule has 0 saturated carbocycles. The molecular weight excluding hydrogens is 979 g/mol. The fourth-order valence-corrected chi connectivity index (χ4v) is 10.3. The number of aliphatic hydroxyl groups is 3. The number of aromatic nitrogens is 4. The molecule has 3 rings (SSSR count). The molecule has 25 nitrogen and oxygen atoms in total. The molecule has 68 heavy (non-hydrogen) atoms. The zero-order valence-electron chi connectivity index (χ0n) is 38.4. The molecule has 2 aromatic heterocycles. The number of thioether (sulfide) groups is 1. The Hall–Kier alpha value is -2.74. The number of nitrogens with zero attached hydrogens (tertiary/aromatic N) is 4. The van der Waals surface area contributed by atoms with Crippen LogP contribution in [0.5, 0.6) is 0 Å². The topological polar surface area (TPSA) is 384 Å². The Bertz CT molecular complexity index is 2080. The summed E-state index contributed by atoms with van der Waals surface area (Å²) in [5.41, 5.74) is 4.27. The summed E-state index contributed by atoms with van der Waals surface area (Å²) in [5.74, 6) is -1.08. The van der Waals surface area contributed by atoms with Crippen molar-refractivity contribution in [3.63, 3.8) is 0 Å². The molecule has 2 aromatic rings. The van der Waals surface area contributed by atoms with E-state index in [4.69, 9.17) is 19.5 Å². The van der Waals surface area contributed by atoms with Gasteiger partial charge in [0.05, 0.1) is 25.6 Å². The maximum Gasteiger partial charge on any atom is 0.481 e.